The first-order valence-corrected chi connectivity index (χ1v) is 11.3. The highest BCUT2D eigenvalue weighted by Gasteiger charge is 2.22. The van der Waals surface area contributed by atoms with Crippen molar-refractivity contribution in [3.8, 4) is 16.8 Å². The number of aliphatic imine (C=N–C) groups is 1. The molecular formula is C26H22F2N8. The van der Waals surface area contributed by atoms with Crippen LogP contribution in [-0.4, -0.2) is 31.7 Å². The van der Waals surface area contributed by atoms with E-state index in [1.165, 1.54) is 6.20 Å². The third-order valence-corrected chi connectivity index (χ3v) is 5.91. The van der Waals surface area contributed by atoms with E-state index < -0.39 is 11.6 Å². The quantitative estimate of drug-likeness (QED) is 0.236. The number of halogens is 2. The van der Waals surface area contributed by atoms with E-state index in [2.05, 4.69) is 15.0 Å². The summed E-state index contributed by atoms with van der Waals surface area (Å²) in [5, 5.41) is 7.44. The zero-order chi connectivity index (χ0) is 25.4. The summed E-state index contributed by atoms with van der Waals surface area (Å²) in [6.45, 7) is 2.01. The third-order valence-electron chi connectivity index (χ3n) is 5.91. The third kappa shape index (κ3) is 3.82. The minimum Gasteiger partial charge on any atom is -0.384 e. The van der Waals surface area contributed by atoms with Gasteiger partial charge in [-0.1, -0.05) is 6.92 Å². The molecule has 8 nitrogen and oxygen atoms in total. The maximum Gasteiger partial charge on any atom is 0.149 e. The maximum atomic E-state index is 15.1. The van der Waals surface area contributed by atoms with Crippen molar-refractivity contribution < 1.29 is 8.78 Å². The number of amidine groups is 1. The fourth-order valence-corrected chi connectivity index (χ4v) is 4.38. The molecule has 180 valence electrons. The molecule has 5 aromatic rings. The Hall–Kier alpha value is -4.73. The average Bonchev–Trinajstić information content (AvgIpc) is 3.23. The van der Waals surface area contributed by atoms with E-state index in [9.17, 15) is 4.39 Å². The number of hydrogen-bond donors (Lipinski definition) is 3. The number of nitrogens with zero attached hydrogens (tertiary/aromatic N) is 5. The predicted octanol–water partition coefficient (Wildman–Crippen LogP) is 4.76. The van der Waals surface area contributed by atoms with Crippen molar-refractivity contribution in [1.82, 2.24) is 19.5 Å². The summed E-state index contributed by atoms with van der Waals surface area (Å²) in [5.41, 5.74) is 15.7. The van der Waals surface area contributed by atoms with Gasteiger partial charge in [-0.25, -0.2) is 23.7 Å². The number of aromatic nitrogens is 4. The van der Waals surface area contributed by atoms with Crippen LogP contribution in [0.1, 0.15) is 24.7 Å². The van der Waals surface area contributed by atoms with Gasteiger partial charge in [0.25, 0.3) is 0 Å². The Morgan fingerprint density at radius 1 is 1.03 bits per heavy atom. The van der Waals surface area contributed by atoms with Crippen LogP contribution in [0.2, 0.25) is 0 Å². The van der Waals surface area contributed by atoms with Crippen LogP contribution in [0.15, 0.2) is 59.9 Å². The molecule has 5 rings (SSSR count). The molecule has 3 heterocycles. The number of benzene rings is 2. The van der Waals surface area contributed by atoms with Crippen molar-refractivity contribution in [2.75, 3.05) is 5.73 Å². The minimum absolute atomic E-state index is 0.0513. The van der Waals surface area contributed by atoms with Crippen molar-refractivity contribution in [3.63, 3.8) is 0 Å². The maximum absolute atomic E-state index is 15.1. The van der Waals surface area contributed by atoms with E-state index >= 15 is 4.39 Å². The number of imidazole rings is 1. The van der Waals surface area contributed by atoms with E-state index in [1.807, 2.05) is 19.1 Å². The minimum atomic E-state index is -0.620. The van der Waals surface area contributed by atoms with Gasteiger partial charge in [0.2, 0.25) is 0 Å². The van der Waals surface area contributed by atoms with Crippen LogP contribution in [0.4, 0.5) is 14.6 Å². The van der Waals surface area contributed by atoms with Crippen molar-refractivity contribution in [1.29, 1.82) is 5.41 Å². The van der Waals surface area contributed by atoms with Crippen LogP contribution >= 0.6 is 0 Å². The van der Waals surface area contributed by atoms with Gasteiger partial charge in [-0.15, -0.1) is 0 Å². The van der Waals surface area contributed by atoms with Gasteiger partial charge in [0.1, 0.15) is 46.5 Å². The van der Waals surface area contributed by atoms with Gasteiger partial charge >= 0.3 is 0 Å². The number of aryl methyl sites for hydroxylation is 1. The smallest absolute Gasteiger partial charge is 0.149 e. The van der Waals surface area contributed by atoms with Gasteiger partial charge in [-0.05, 0) is 60.0 Å². The molecule has 0 aliphatic carbocycles. The van der Waals surface area contributed by atoms with Crippen molar-refractivity contribution in [3.05, 3.63) is 77.9 Å². The molecule has 2 aromatic carbocycles. The number of nitrogen functional groups attached to an aromatic ring is 1. The van der Waals surface area contributed by atoms with Crippen LogP contribution in [-0.2, 0) is 6.42 Å². The second kappa shape index (κ2) is 9.14. The molecule has 0 aliphatic heterocycles. The Morgan fingerprint density at radius 2 is 1.81 bits per heavy atom. The van der Waals surface area contributed by atoms with Crippen LogP contribution in [0, 0.1) is 17.0 Å². The molecule has 0 unspecified atom stereocenters. The first-order valence-electron chi connectivity index (χ1n) is 11.3. The Kier molecular flexibility index (Phi) is 5.85. The highest BCUT2D eigenvalue weighted by atomic mass is 19.1. The Balaban J connectivity index is 1.94. The van der Waals surface area contributed by atoms with E-state index in [0.29, 0.717) is 40.3 Å². The lowest BCUT2D eigenvalue weighted by Crippen LogP contribution is -2.14. The van der Waals surface area contributed by atoms with Gasteiger partial charge in [0, 0.05) is 24.4 Å². The summed E-state index contributed by atoms with van der Waals surface area (Å²) >= 11 is 0. The molecule has 3 aromatic heterocycles. The molecule has 0 bridgehead atoms. The molecule has 0 saturated heterocycles. The number of pyridine rings is 2. The largest absolute Gasteiger partial charge is 0.384 e. The highest BCUT2D eigenvalue weighted by Crippen LogP contribution is 2.34. The van der Waals surface area contributed by atoms with Crippen molar-refractivity contribution >= 4 is 39.9 Å². The molecular weight excluding hydrogens is 462 g/mol. The summed E-state index contributed by atoms with van der Waals surface area (Å²) in [6.07, 6.45) is 5.22. The van der Waals surface area contributed by atoms with E-state index in [4.69, 9.17) is 21.9 Å². The van der Waals surface area contributed by atoms with Crippen molar-refractivity contribution in [2.45, 2.75) is 19.8 Å². The van der Waals surface area contributed by atoms with Crippen LogP contribution < -0.4 is 11.5 Å². The summed E-state index contributed by atoms with van der Waals surface area (Å²) in [5.74, 6) is -0.136. The standard InChI is InChI=1S/C26H22F2N8/c1-2-3-22-35-24-16(26(31)34-13-29)10-15(14-6-8-32-21(30)12-14)11-20(24)36(22)19-7-9-33-25-18(28)5-4-17(27)23(19)25/h4-13H,2-3H2,1H3,(H2,30,32)(H3,29,31,34). The van der Waals surface area contributed by atoms with Gasteiger partial charge in [0.15, 0.2) is 0 Å². The monoisotopic (exact) mass is 484 g/mol. The van der Waals surface area contributed by atoms with Gasteiger partial charge in [0.05, 0.1) is 16.6 Å². The first kappa shape index (κ1) is 23.0. The second-order valence-electron chi connectivity index (χ2n) is 8.20. The summed E-state index contributed by atoms with van der Waals surface area (Å²) in [4.78, 5) is 16.9. The molecule has 36 heavy (non-hydrogen) atoms. The van der Waals surface area contributed by atoms with Gasteiger partial charge in [-0.3, -0.25) is 15.0 Å². The summed E-state index contributed by atoms with van der Waals surface area (Å²) in [6, 6.07) is 11.0. The molecule has 0 radical (unpaired) electrons. The van der Waals surface area contributed by atoms with E-state index in [1.54, 1.807) is 29.0 Å². The lowest BCUT2D eigenvalue weighted by Gasteiger charge is -2.14. The lowest BCUT2D eigenvalue weighted by atomic mass is 10.0. The molecule has 10 heteroatoms. The van der Waals surface area contributed by atoms with Crippen LogP contribution in [0.25, 0.3) is 38.8 Å². The van der Waals surface area contributed by atoms with E-state index in [-0.39, 0.29) is 16.7 Å². The predicted molar refractivity (Wildman–Crippen MR) is 137 cm³/mol. The lowest BCUT2D eigenvalue weighted by molar-refractivity contribution is 0.614. The van der Waals surface area contributed by atoms with Crippen molar-refractivity contribution in [2.24, 2.45) is 10.7 Å². The Bertz CT molecular complexity index is 1670. The molecule has 0 amide bonds. The number of rotatable bonds is 6. The number of anilines is 1. The molecule has 0 spiro atoms. The number of nitrogens with one attached hydrogen (secondary N) is 1. The molecule has 0 saturated carbocycles. The first-order chi connectivity index (χ1) is 17.4. The number of hydrogen-bond acceptors (Lipinski definition) is 5. The molecule has 5 N–H and O–H groups in total. The normalized spacial score (nSPS) is 11.9. The summed E-state index contributed by atoms with van der Waals surface area (Å²) in [7, 11) is 0. The summed E-state index contributed by atoms with van der Waals surface area (Å²) < 4.78 is 31.5. The van der Waals surface area contributed by atoms with E-state index in [0.717, 1.165) is 36.0 Å². The fraction of sp³-hybridized carbons (Fsp3) is 0.115. The molecule has 0 atom stereocenters. The fourth-order valence-electron chi connectivity index (χ4n) is 4.38. The second-order valence-corrected chi connectivity index (χ2v) is 8.20. The number of fused-ring (bicyclic) bond motifs is 2. The SMILES string of the molecule is CCCc1nc2c(C(N)=NC=N)cc(-c3ccnc(N)c3)cc2n1-c1ccnc2c(F)ccc(F)c12. The highest BCUT2D eigenvalue weighted by molar-refractivity contribution is 6.11. The molecule has 0 fully saturated rings. The molecule has 0 aliphatic rings. The van der Waals surface area contributed by atoms with Gasteiger partial charge in [-0.2, -0.15) is 0 Å². The number of nitrogens with two attached hydrogens (primary N) is 2. The van der Waals surface area contributed by atoms with Crippen LogP contribution in [0.3, 0.4) is 0 Å². The zero-order valence-electron chi connectivity index (χ0n) is 19.3. The topological polar surface area (TPSA) is 132 Å². The zero-order valence-corrected chi connectivity index (χ0v) is 19.3. The Morgan fingerprint density at radius 3 is 2.56 bits per heavy atom. The van der Waals surface area contributed by atoms with Gasteiger partial charge < -0.3 is 11.5 Å². The van der Waals surface area contributed by atoms with Crippen LogP contribution in [0.5, 0.6) is 0 Å². The average molecular weight is 485 g/mol. The Labute approximate surface area is 204 Å².